The minimum atomic E-state index is 0.763. The zero-order valence-corrected chi connectivity index (χ0v) is 8.23. The van der Waals surface area contributed by atoms with E-state index in [2.05, 4.69) is 18.4 Å². The van der Waals surface area contributed by atoms with Crippen LogP contribution in [0.2, 0.25) is 0 Å². The van der Waals surface area contributed by atoms with Gasteiger partial charge in [0.25, 0.3) is 0 Å². The molecule has 1 saturated carbocycles. The SMILES string of the molecule is Cc1cc(C2CCC2CN)cs1. The Balaban J connectivity index is 2.10. The van der Waals surface area contributed by atoms with Gasteiger partial charge in [0.1, 0.15) is 0 Å². The van der Waals surface area contributed by atoms with Crippen molar-refractivity contribution in [2.75, 3.05) is 6.54 Å². The molecule has 2 unspecified atom stereocenters. The van der Waals surface area contributed by atoms with Crippen molar-refractivity contribution >= 4 is 11.3 Å². The molecule has 0 amide bonds. The molecule has 1 aliphatic carbocycles. The van der Waals surface area contributed by atoms with Crippen LogP contribution < -0.4 is 5.73 Å². The van der Waals surface area contributed by atoms with E-state index in [-0.39, 0.29) is 0 Å². The summed E-state index contributed by atoms with van der Waals surface area (Å²) in [5.74, 6) is 1.54. The van der Waals surface area contributed by atoms with Crippen molar-refractivity contribution in [1.29, 1.82) is 0 Å². The lowest BCUT2D eigenvalue weighted by Crippen LogP contribution is -2.30. The number of aryl methyl sites for hydroxylation is 1. The van der Waals surface area contributed by atoms with Gasteiger partial charge in [0, 0.05) is 4.88 Å². The van der Waals surface area contributed by atoms with Crippen molar-refractivity contribution in [2.24, 2.45) is 11.7 Å². The third kappa shape index (κ3) is 1.29. The molecule has 66 valence electrons. The molecule has 1 aliphatic rings. The molecule has 1 aromatic heterocycles. The van der Waals surface area contributed by atoms with Crippen LogP contribution in [-0.4, -0.2) is 6.54 Å². The Kier molecular flexibility index (Phi) is 2.20. The van der Waals surface area contributed by atoms with Crippen molar-refractivity contribution in [1.82, 2.24) is 0 Å². The molecule has 0 radical (unpaired) electrons. The van der Waals surface area contributed by atoms with Gasteiger partial charge in [-0.1, -0.05) is 0 Å². The van der Waals surface area contributed by atoms with Crippen molar-refractivity contribution < 1.29 is 0 Å². The van der Waals surface area contributed by atoms with Gasteiger partial charge in [0.15, 0.2) is 0 Å². The molecule has 0 bridgehead atoms. The Morgan fingerprint density at radius 1 is 1.58 bits per heavy atom. The van der Waals surface area contributed by atoms with Gasteiger partial charge in [0.05, 0.1) is 0 Å². The topological polar surface area (TPSA) is 26.0 Å². The van der Waals surface area contributed by atoms with Crippen LogP contribution in [0.4, 0.5) is 0 Å². The minimum absolute atomic E-state index is 0.763. The summed E-state index contributed by atoms with van der Waals surface area (Å²) >= 11 is 1.85. The fourth-order valence-electron chi connectivity index (χ4n) is 1.95. The second-order valence-corrected chi connectivity index (χ2v) is 4.79. The molecule has 0 aliphatic heterocycles. The molecule has 2 rings (SSSR count). The average Bonchev–Trinajstić information content (AvgIpc) is 2.35. The van der Waals surface area contributed by atoms with Gasteiger partial charge in [-0.05, 0) is 55.2 Å². The van der Waals surface area contributed by atoms with E-state index in [1.165, 1.54) is 23.3 Å². The van der Waals surface area contributed by atoms with Crippen molar-refractivity contribution in [3.05, 3.63) is 21.9 Å². The Labute approximate surface area is 77.6 Å². The predicted molar refractivity (Wildman–Crippen MR) is 53.6 cm³/mol. The van der Waals surface area contributed by atoms with Gasteiger partial charge in [-0.25, -0.2) is 0 Å². The molecule has 0 saturated heterocycles. The highest BCUT2D eigenvalue weighted by atomic mass is 32.1. The summed E-state index contributed by atoms with van der Waals surface area (Å²) in [6.45, 7) is 3.03. The lowest BCUT2D eigenvalue weighted by Gasteiger charge is -2.35. The third-order valence-corrected chi connectivity index (χ3v) is 3.78. The van der Waals surface area contributed by atoms with Crippen LogP contribution in [-0.2, 0) is 0 Å². The van der Waals surface area contributed by atoms with Crippen LogP contribution in [0, 0.1) is 12.8 Å². The van der Waals surface area contributed by atoms with Crippen LogP contribution in [0.25, 0.3) is 0 Å². The van der Waals surface area contributed by atoms with Crippen molar-refractivity contribution in [3.8, 4) is 0 Å². The van der Waals surface area contributed by atoms with Crippen LogP contribution in [0.1, 0.15) is 29.2 Å². The van der Waals surface area contributed by atoms with Gasteiger partial charge in [0.2, 0.25) is 0 Å². The lowest BCUT2D eigenvalue weighted by atomic mass is 9.71. The van der Waals surface area contributed by atoms with Gasteiger partial charge in [-0.2, -0.15) is 0 Å². The Hall–Kier alpha value is -0.340. The first-order valence-corrected chi connectivity index (χ1v) is 5.44. The Morgan fingerprint density at radius 3 is 2.83 bits per heavy atom. The van der Waals surface area contributed by atoms with Crippen LogP contribution in [0.5, 0.6) is 0 Å². The van der Waals surface area contributed by atoms with E-state index >= 15 is 0 Å². The number of hydrogen-bond acceptors (Lipinski definition) is 2. The highest BCUT2D eigenvalue weighted by molar-refractivity contribution is 7.10. The first kappa shape index (κ1) is 8.27. The van der Waals surface area contributed by atoms with Gasteiger partial charge < -0.3 is 5.73 Å². The van der Waals surface area contributed by atoms with Gasteiger partial charge in [-0.3, -0.25) is 0 Å². The molecular formula is C10H15NS. The van der Waals surface area contributed by atoms with Gasteiger partial charge >= 0.3 is 0 Å². The van der Waals surface area contributed by atoms with E-state index in [1.54, 1.807) is 0 Å². The molecule has 2 heteroatoms. The molecular weight excluding hydrogens is 166 g/mol. The Bertz CT molecular complexity index is 265. The van der Waals surface area contributed by atoms with E-state index in [0.29, 0.717) is 0 Å². The fraction of sp³-hybridized carbons (Fsp3) is 0.600. The van der Waals surface area contributed by atoms with Gasteiger partial charge in [-0.15, -0.1) is 11.3 Å². The molecule has 12 heavy (non-hydrogen) atoms. The first-order valence-electron chi connectivity index (χ1n) is 4.56. The second-order valence-electron chi connectivity index (χ2n) is 3.67. The summed E-state index contributed by atoms with van der Waals surface area (Å²) in [4.78, 5) is 1.42. The normalized spacial score (nSPS) is 28.5. The molecule has 2 atom stereocenters. The Morgan fingerprint density at radius 2 is 2.42 bits per heavy atom. The fourth-order valence-corrected chi connectivity index (χ4v) is 2.72. The molecule has 2 N–H and O–H groups in total. The van der Waals surface area contributed by atoms with Crippen LogP contribution >= 0.6 is 11.3 Å². The largest absolute Gasteiger partial charge is 0.330 e. The minimum Gasteiger partial charge on any atom is -0.330 e. The first-order chi connectivity index (χ1) is 5.81. The number of thiophene rings is 1. The quantitative estimate of drug-likeness (QED) is 0.745. The monoisotopic (exact) mass is 181 g/mol. The summed E-state index contributed by atoms with van der Waals surface area (Å²) in [5, 5.41) is 2.29. The smallest absolute Gasteiger partial charge is 0.00171 e. The van der Waals surface area contributed by atoms with Crippen LogP contribution in [0.15, 0.2) is 11.4 Å². The highest BCUT2D eigenvalue weighted by Crippen LogP contribution is 2.42. The predicted octanol–water partition coefficient (Wildman–Crippen LogP) is 2.51. The van der Waals surface area contributed by atoms with Crippen molar-refractivity contribution in [2.45, 2.75) is 25.7 Å². The summed E-state index contributed by atoms with van der Waals surface area (Å²) in [6.07, 6.45) is 2.67. The third-order valence-electron chi connectivity index (χ3n) is 2.90. The maximum absolute atomic E-state index is 5.67. The van der Waals surface area contributed by atoms with Crippen molar-refractivity contribution in [3.63, 3.8) is 0 Å². The van der Waals surface area contributed by atoms with E-state index in [4.69, 9.17) is 5.73 Å². The summed E-state index contributed by atoms with van der Waals surface area (Å²) in [6, 6.07) is 2.32. The molecule has 1 fully saturated rings. The summed E-state index contributed by atoms with van der Waals surface area (Å²) in [5.41, 5.74) is 7.20. The van der Waals surface area contributed by atoms with E-state index in [9.17, 15) is 0 Å². The maximum Gasteiger partial charge on any atom is 0.00171 e. The highest BCUT2D eigenvalue weighted by Gasteiger charge is 2.30. The molecule has 1 heterocycles. The molecule has 1 nitrogen and oxygen atoms in total. The lowest BCUT2D eigenvalue weighted by molar-refractivity contribution is 0.264. The number of rotatable bonds is 2. The molecule has 0 spiro atoms. The summed E-state index contributed by atoms with van der Waals surface area (Å²) < 4.78 is 0. The average molecular weight is 181 g/mol. The summed E-state index contributed by atoms with van der Waals surface area (Å²) in [7, 11) is 0. The zero-order chi connectivity index (χ0) is 8.55. The standard InChI is InChI=1S/C10H15NS/c1-7-4-9(6-12-7)10-3-2-8(10)5-11/h4,6,8,10H,2-3,5,11H2,1H3. The van der Waals surface area contributed by atoms with Crippen LogP contribution in [0.3, 0.4) is 0 Å². The number of nitrogens with two attached hydrogens (primary N) is 1. The molecule has 1 aromatic rings. The number of hydrogen-bond donors (Lipinski definition) is 1. The van der Waals surface area contributed by atoms with E-state index < -0.39 is 0 Å². The zero-order valence-electron chi connectivity index (χ0n) is 7.42. The van der Waals surface area contributed by atoms with E-state index in [1.807, 2.05) is 11.3 Å². The van der Waals surface area contributed by atoms with E-state index in [0.717, 1.165) is 18.4 Å². The second kappa shape index (κ2) is 3.19. The molecule has 0 aromatic carbocycles. The maximum atomic E-state index is 5.67.